The van der Waals surface area contributed by atoms with Crippen LogP contribution in [0.2, 0.25) is 5.02 Å². The third-order valence-corrected chi connectivity index (χ3v) is 5.56. The van der Waals surface area contributed by atoms with Crippen LogP contribution in [-0.2, 0) is 9.59 Å². The Labute approximate surface area is 178 Å². The van der Waals surface area contributed by atoms with Crippen LogP contribution in [-0.4, -0.2) is 23.4 Å². The smallest absolute Gasteiger partial charge is 0.255 e. The van der Waals surface area contributed by atoms with E-state index in [2.05, 4.69) is 21.3 Å². The van der Waals surface area contributed by atoms with Crippen molar-refractivity contribution in [2.45, 2.75) is 31.3 Å². The van der Waals surface area contributed by atoms with Crippen molar-refractivity contribution in [1.29, 1.82) is 0 Å². The lowest BCUT2D eigenvalue weighted by Gasteiger charge is -2.37. The van der Waals surface area contributed by atoms with Crippen molar-refractivity contribution in [1.82, 2.24) is 5.32 Å². The molecule has 0 saturated heterocycles. The van der Waals surface area contributed by atoms with Crippen LogP contribution in [0.1, 0.15) is 36.0 Å². The van der Waals surface area contributed by atoms with E-state index in [9.17, 15) is 14.4 Å². The van der Waals surface area contributed by atoms with Gasteiger partial charge in [0.25, 0.3) is 5.91 Å². The van der Waals surface area contributed by atoms with Gasteiger partial charge >= 0.3 is 0 Å². The van der Waals surface area contributed by atoms with Gasteiger partial charge in [-0.15, -0.1) is 0 Å². The van der Waals surface area contributed by atoms with Crippen molar-refractivity contribution < 1.29 is 14.4 Å². The quantitative estimate of drug-likeness (QED) is 0.559. The van der Waals surface area contributed by atoms with E-state index >= 15 is 0 Å². The molecule has 154 valence electrons. The molecule has 1 fully saturated rings. The minimum atomic E-state index is -0.485. The molecule has 2 aromatic carbocycles. The number of fused-ring (bicyclic) bond motifs is 1. The summed E-state index contributed by atoms with van der Waals surface area (Å²) in [7, 11) is 0. The predicted molar refractivity (Wildman–Crippen MR) is 117 cm³/mol. The molecule has 4 N–H and O–H groups in total. The van der Waals surface area contributed by atoms with E-state index in [1.807, 2.05) is 0 Å². The van der Waals surface area contributed by atoms with E-state index in [0.29, 0.717) is 22.0 Å². The summed E-state index contributed by atoms with van der Waals surface area (Å²) in [5.41, 5.74) is 1.81. The summed E-state index contributed by atoms with van der Waals surface area (Å²) in [4.78, 5) is 36.7. The minimum absolute atomic E-state index is 0.156. The second-order valence-corrected chi connectivity index (χ2v) is 7.83. The second-order valence-electron chi connectivity index (χ2n) is 7.42. The molecule has 0 aromatic heterocycles. The van der Waals surface area contributed by atoms with E-state index < -0.39 is 11.8 Å². The van der Waals surface area contributed by atoms with Gasteiger partial charge in [0.15, 0.2) is 0 Å². The Morgan fingerprint density at radius 2 is 1.67 bits per heavy atom. The zero-order chi connectivity index (χ0) is 21.1. The number of hydrogen-bond donors (Lipinski definition) is 4. The summed E-state index contributed by atoms with van der Waals surface area (Å²) in [5, 5.41) is 12.2. The molecule has 1 aliphatic heterocycles. The number of nitrogens with one attached hydrogen (secondary N) is 4. The summed E-state index contributed by atoms with van der Waals surface area (Å²) in [6.07, 6.45) is 6.20. The second kappa shape index (κ2) is 8.20. The third-order valence-electron chi connectivity index (χ3n) is 5.23. The van der Waals surface area contributed by atoms with E-state index in [-0.39, 0.29) is 11.6 Å². The third kappa shape index (κ3) is 4.31. The van der Waals surface area contributed by atoms with Crippen molar-refractivity contribution in [3.63, 3.8) is 0 Å². The lowest BCUT2D eigenvalue weighted by Crippen LogP contribution is -2.55. The van der Waals surface area contributed by atoms with Crippen molar-refractivity contribution in [2.24, 2.45) is 0 Å². The number of anilines is 3. The molecule has 1 aliphatic carbocycles. The minimum Gasteiger partial charge on any atom is -0.362 e. The van der Waals surface area contributed by atoms with Gasteiger partial charge in [0.05, 0.1) is 16.3 Å². The summed E-state index contributed by atoms with van der Waals surface area (Å²) in [6.45, 7) is 0. The molecule has 0 atom stereocenters. The van der Waals surface area contributed by atoms with Crippen molar-refractivity contribution in [3.05, 3.63) is 65.2 Å². The lowest BCUT2D eigenvalue weighted by molar-refractivity contribution is -0.114. The molecule has 7 nitrogen and oxygen atoms in total. The molecule has 0 radical (unpaired) electrons. The Hall–Kier alpha value is -3.32. The van der Waals surface area contributed by atoms with E-state index in [1.165, 1.54) is 0 Å². The molecule has 30 heavy (non-hydrogen) atoms. The number of carbonyl (C=O) groups excluding carboxylic acids is 3. The predicted octanol–water partition coefficient (Wildman–Crippen LogP) is 3.90. The van der Waals surface area contributed by atoms with Crippen LogP contribution < -0.4 is 21.3 Å². The highest BCUT2D eigenvalue weighted by Crippen LogP contribution is 2.36. The maximum absolute atomic E-state index is 12.6. The normalized spacial score (nSPS) is 16.6. The average Bonchev–Trinajstić information content (AvgIpc) is 3.16. The molecule has 1 spiro atoms. The number of para-hydroxylation sites is 1. The maximum Gasteiger partial charge on any atom is 0.255 e. The van der Waals surface area contributed by atoms with Crippen LogP contribution in [0.3, 0.4) is 0 Å². The standard InChI is InChI=1S/C22H21ClN4O3/c23-16-5-1-2-6-18(16)25-20(29)10-9-19(28)24-14-7-8-17-15(13-14)21(30)27-22(26-17)11-3-4-12-22/h1-2,5-10,13,26H,3-4,11-12H2,(H,24,28)(H,25,29)(H,27,30)/b10-9+. The van der Waals surface area contributed by atoms with Gasteiger partial charge in [0.1, 0.15) is 5.66 Å². The maximum atomic E-state index is 12.6. The Bertz CT molecular complexity index is 1040. The lowest BCUT2D eigenvalue weighted by atomic mass is 10.0. The fourth-order valence-electron chi connectivity index (χ4n) is 3.79. The van der Waals surface area contributed by atoms with Gasteiger partial charge in [-0.3, -0.25) is 14.4 Å². The fourth-order valence-corrected chi connectivity index (χ4v) is 3.98. The Morgan fingerprint density at radius 1 is 0.967 bits per heavy atom. The van der Waals surface area contributed by atoms with Crippen LogP contribution in [0, 0.1) is 0 Å². The van der Waals surface area contributed by atoms with Crippen LogP contribution in [0.25, 0.3) is 0 Å². The summed E-state index contributed by atoms with van der Waals surface area (Å²) < 4.78 is 0. The molecular weight excluding hydrogens is 404 g/mol. The summed E-state index contributed by atoms with van der Waals surface area (Å²) in [6, 6.07) is 11.9. The van der Waals surface area contributed by atoms with Gasteiger partial charge in [0.2, 0.25) is 11.8 Å². The van der Waals surface area contributed by atoms with Crippen LogP contribution in [0.4, 0.5) is 17.1 Å². The zero-order valence-electron chi connectivity index (χ0n) is 16.1. The molecule has 1 heterocycles. The van der Waals surface area contributed by atoms with Crippen LogP contribution in [0.5, 0.6) is 0 Å². The number of halogens is 1. The average molecular weight is 425 g/mol. The molecule has 3 amide bonds. The molecular formula is C22H21ClN4O3. The zero-order valence-corrected chi connectivity index (χ0v) is 16.9. The molecule has 8 heteroatoms. The highest BCUT2D eigenvalue weighted by atomic mass is 35.5. The van der Waals surface area contributed by atoms with Gasteiger partial charge in [-0.25, -0.2) is 0 Å². The Balaban J connectivity index is 1.39. The first kappa shape index (κ1) is 20.0. The molecule has 2 aliphatic rings. The Kier molecular flexibility index (Phi) is 5.46. The summed E-state index contributed by atoms with van der Waals surface area (Å²) in [5.74, 6) is -1.12. The number of carbonyl (C=O) groups is 3. The first-order chi connectivity index (χ1) is 14.4. The Morgan fingerprint density at radius 3 is 2.40 bits per heavy atom. The molecule has 4 rings (SSSR count). The van der Waals surface area contributed by atoms with Crippen molar-refractivity contribution >= 4 is 46.4 Å². The van der Waals surface area contributed by atoms with Gasteiger partial charge in [0, 0.05) is 23.5 Å². The van der Waals surface area contributed by atoms with Gasteiger partial charge in [-0.2, -0.15) is 0 Å². The van der Waals surface area contributed by atoms with Crippen LogP contribution in [0.15, 0.2) is 54.6 Å². The van der Waals surface area contributed by atoms with Gasteiger partial charge < -0.3 is 21.3 Å². The highest BCUT2D eigenvalue weighted by Gasteiger charge is 2.39. The molecule has 1 saturated carbocycles. The first-order valence-corrected chi connectivity index (χ1v) is 10.1. The highest BCUT2D eigenvalue weighted by molar-refractivity contribution is 6.33. The van der Waals surface area contributed by atoms with Crippen LogP contribution >= 0.6 is 11.6 Å². The van der Waals surface area contributed by atoms with Gasteiger partial charge in [-0.05, 0) is 56.0 Å². The number of hydrogen-bond acceptors (Lipinski definition) is 4. The van der Waals surface area contributed by atoms with Crippen molar-refractivity contribution in [2.75, 3.05) is 16.0 Å². The SMILES string of the molecule is O=C(/C=C/C(=O)Nc1ccccc1Cl)Nc1ccc2c(c1)C(=O)NC1(CCCC1)N2. The summed E-state index contributed by atoms with van der Waals surface area (Å²) >= 11 is 5.99. The molecule has 0 unspecified atom stereocenters. The van der Waals surface area contributed by atoms with Gasteiger partial charge in [-0.1, -0.05) is 23.7 Å². The van der Waals surface area contributed by atoms with E-state index in [0.717, 1.165) is 43.5 Å². The fraction of sp³-hybridized carbons (Fsp3) is 0.227. The van der Waals surface area contributed by atoms with E-state index in [4.69, 9.17) is 11.6 Å². The number of benzene rings is 2. The molecule has 0 bridgehead atoms. The van der Waals surface area contributed by atoms with Crippen molar-refractivity contribution in [3.8, 4) is 0 Å². The monoisotopic (exact) mass is 424 g/mol. The molecule has 2 aromatic rings. The number of rotatable bonds is 4. The van der Waals surface area contributed by atoms with E-state index in [1.54, 1.807) is 42.5 Å². The first-order valence-electron chi connectivity index (χ1n) is 9.73. The topological polar surface area (TPSA) is 99.3 Å². The largest absolute Gasteiger partial charge is 0.362 e. The number of amides is 3.